The summed E-state index contributed by atoms with van der Waals surface area (Å²) in [6.07, 6.45) is -0.599. The molecule has 5 aromatic carbocycles. The van der Waals surface area contributed by atoms with Crippen LogP contribution in [-0.2, 0) is 29.5 Å². The number of hydrogen-bond acceptors (Lipinski definition) is 10. The third-order valence-corrected chi connectivity index (χ3v) is 14.4. The van der Waals surface area contributed by atoms with Gasteiger partial charge >= 0.3 is 5.97 Å². The highest BCUT2D eigenvalue weighted by Crippen LogP contribution is 2.45. The zero-order chi connectivity index (χ0) is 40.8. The van der Waals surface area contributed by atoms with Gasteiger partial charge in [-0.3, -0.25) is 14.4 Å². The molecular weight excluding hydrogens is 894 g/mol. The Labute approximate surface area is 364 Å². The number of amides is 2. The normalized spacial score (nSPS) is 19.0. The van der Waals surface area contributed by atoms with Gasteiger partial charge in [-0.15, -0.1) is 23.1 Å². The number of carbonyl (C=O) groups excluding carboxylic acids is 3. The molecule has 2 saturated heterocycles. The highest BCUT2D eigenvalue weighted by molar-refractivity contribution is 14.1. The van der Waals surface area contributed by atoms with Crippen molar-refractivity contribution in [2.75, 3.05) is 29.2 Å². The number of nitrogens with zero attached hydrogens (tertiary/aromatic N) is 3. The van der Waals surface area contributed by atoms with E-state index in [-0.39, 0.29) is 35.2 Å². The maximum atomic E-state index is 14.1. The number of thioether (sulfide) groups is 1. The Morgan fingerprint density at radius 2 is 1.36 bits per heavy atom. The molecule has 13 heteroatoms. The fourth-order valence-electron chi connectivity index (χ4n) is 7.59. The van der Waals surface area contributed by atoms with Crippen molar-refractivity contribution in [2.24, 2.45) is 10.6 Å². The van der Waals surface area contributed by atoms with Crippen LogP contribution in [0.2, 0.25) is 0 Å². The van der Waals surface area contributed by atoms with Crippen molar-refractivity contribution >= 4 is 74.3 Å². The van der Waals surface area contributed by atoms with E-state index < -0.39 is 29.0 Å². The fraction of sp³-hybridized carbons (Fsp3) is 0.196. The first-order chi connectivity index (χ1) is 28.9. The highest BCUT2D eigenvalue weighted by atomic mass is 127. The van der Waals surface area contributed by atoms with Crippen molar-refractivity contribution in [1.82, 2.24) is 15.2 Å². The molecule has 1 aromatic heterocycles. The lowest BCUT2D eigenvalue weighted by atomic mass is 9.77. The molecule has 0 bridgehead atoms. The van der Waals surface area contributed by atoms with E-state index in [0.29, 0.717) is 15.3 Å². The molecule has 0 saturated carbocycles. The molecule has 2 amide bonds. The monoisotopic (exact) mass is 933 g/mol. The van der Waals surface area contributed by atoms with Crippen LogP contribution < -0.4 is 10.6 Å². The van der Waals surface area contributed by atoms with Gasteiger partial charge in [-0.2, -0.15) is 0 Å². The Hall–Kier alpha value is -5.51. The van der Waals surface area contributed by atoms with Gasteiger partial charge in [0.1, 0.15) is 35.2 Å². The van der Waals surface area contributed by atoms with Crippen LogP contribution >= 0.6 is 45.7 Å². The Morgan fingerprint density at radius 1 is 0.847 bits per heavy atom. The predicted molar refractivity (Wildman–Crippen MR) is 241 cm³/mol. The van der Waals surface area contributed by atoms with E-state index in [1.807, 2.05) is 115 Å². The first-order valence-electron chi connectivity index (χ1n) is 19.0. The number of nitrogens with one attached hydrogen (secondary N) is 2. The molecule has 298 valence electrons. The van der Waals surface area contributed by atoms with Crippen molar-refractivity contribution in [2.45, 2.75) is 23.1 Å². The minimum absolute atomic E-state index is 0.0633. The van der Waals surface area contributed by atoms with Crippen LogP contribution in [0.25, 0.3) is 0 Å². The van der Waals surface area contributed by atoms with E-state index in [1.54, 1.807) is 10.3 Å². The second-order valence-electron chi connectivity index (χ2n) is 14.3. The quantitative estimate of drug-likeness (QED) is 0.0214. The number of benzene rings is 5. The third kappa shape index (κ3) is 7.98. The Morgan fingerprint density at radius 3 is 1.85 bits per heavy atom. The average molecular weight is 934 g/mol. The number of hydrogen-bond donors (Lipinski definition) is 2. The number of β-lactam (4-membered cyclic amide) rings is 1. The van der Waals surface area contributed by atoms with E-state index in [0.717, 1.165) is 27.8 Å². The molecule has 6 aromatic rings. The summed E-state index contributed by atoms with van der Waals surface area (Å²) in [5.41, 5.74) is 3.19. The Bertz CT molecular complexity index is 2290. The molecule has 2 N–H and O–H groups in total. The molecule has 3 heterocycles. The van der Waals surface area contributed by atoms with Gasteiger partial charge in [0, 0.05) is 22.1 Å². The number of ether oxygens (including phenoxy) is 1. The molecule has 0 radical (unpaired) electrons. The molecule has 2 aliphatic heterocycles. The van der Waals surface area contributed by atoms with Crippen LogP contribution in [0, 0.1) is 5.41 Å². The van der Waals surface area contributed by atoms with Crippen LogP contribution in [0.3, 0.4) is 0 Å². The summed E-state index contributed by atoms with van der Waals surface area (Å²) in [5, 5.41) is 12.6. The number of anilines is 1. The maximum absolute atomic E-state index is 14.1. The number of thiazole rings is 1. The fourth-order valence-corrected chi connectivity index (χ4v) is 11.1. The molecule has 0 spiro atoms. The average Bonchev–Trinajstić information content (AvgIpc) is 3.77. The number of fused-ring (bicyclic) bond motifs is 1. The van der Waals surface area contributed by atoms with E-state index >= 15 is 0 Å². The molecule has 3 atom stereocenters. The van der Waals surface area contributed by atoms with E-state index in [2.05, 4.69) is 74.8 Å². The van der Waals surface area contributed by atoms with Gasteiger partial charge in [0.05, 0.1) is 0 Å². The second kappa shape index (κ2) is 17.8. The van der Waals surface area contributed by atoms with E-state index in [4.69, 9.17) is 14.6 Å². The summed E-state index contributed by atoms with van der Waals surface area (Å²) < 4.78 is 6.75. The van der Waals surface area contributed by atoms with Gasteiger partial charge < -0.3 is 25.1 Å². The molecular formula is C46H40IN5O5S2. The summed E-state index contributed by atoms with van der Waals surface area (Å²) in [4.78, 5) is 53.5. The number of aromatic nitrogens is 1. The van der Waals surface area contributed by atoms with Crippen molar-refractivity contribution < 1.29 is 24.0 Å². The minimum atomic E-state index is -0.935. The maximum Gasteiger partial charge on any atom is 0.316 e. The lowest BCUT2D eigenvalue weighted by molar-refractivity contribution is -0.163. The van der Waals surface area contributed by atoms with Crippen molar-refractivity contribution in [3.05, 3.63) is 191 Å². The van der Waals surface area contributed by atoms with Crippen molar-refractivity contribution in [1.29, 1.82) is 0 Å². The second-order valence-corrected chi connectivity index (χ2v) is 17.0. The number of oxime groups is 1. The summed E-state index contributed by atoms with van der Waals surface area (Å²) in [6, 6.07) is 48.9. The number of alkyl halides is 1. The van der Waals surface area contributed by atoms with Gasteiger partial charge in [-0.1, -0.05) is 179 Å². The van der Waals surface area contributed by atoms with Crippen molar-refractivity contribution in [3.63, 3.8) is 0 Å². The molecule has 2 fully saturated rings. The lowest BCUT2D eigenvalue weighted by Crippen LogP contribution is -2.74. The van der Waals surface area contributed by atoms with Gasteiger partial charge in [0.2, 0.25) is 5.91 Å². The molecule has 2 unspecified atom stereocenters. The predicted octanol–water partition coefficient (Wildman–Crippen LogP) is 8.05. The molecule has 10 nitrogen and oxygen atoms in total. The summed E-state index contributed by atoms with van der Waals surface area (Å²) in [5.74, 6) is -0.829. The molecule has 0 aliphatic carbocycles. The van der Waals surface area contributed by atoms with Crippen LogP contribution in [0.1, 0.15) is 39.6 Å². The number of halogens is 1. The standard InChI is InChI=1S/C46H40IN5O5S2/c1-56-51-37(36-27-58-44(48-36)50-46(33-21-11-4-12-22-33,34-23-13-5-14-24-34)35-25-15-6-16-26-35)40(53)49-38-41(54)52-29-45(28-47,30-59-42(38)52)43(55)57-39(31-17-7-2-8-18-31)32-19-9-3-10-20-32/h2-27,38-39,42H,28-30H2,1H3,(H,48,50)(H,49,53)/t38?,42-,45?/m1/s1. The summed E-state index contributed by atoms with van der Waals surface area (Å²) in [7, 11) is 1.36. The number of esters is 1. The number of carbonyl (C=O) groups is 3. The minimum Gasteiger partial charge on any atom is -0.452 e. The zero-order valence-electron chi connectivity index (χ0n) is 31.9. The third-order valence-electron chi connectivity index (χ3n) is 10.6. The molecule has 2 aliphatic rings. The first-order valence-corrected chi connectivity index (χ1v) is 22.4. The first kappa shape index (κ1) is 40.3. The molecule has 8 rings (SSSR count). The van der Waals surface area contributed by atoms with E-state index in [1.165, 1.54) is 30.2 Å². The van der Waals surface area contributed by atoms with Gasteiger partial charge in [0.15, 0.2) is 16.9 Å². The Balaban J connectivity index is 0.990. The SMILES string of the molecule is CON=C(C(=O)NC1C(=O)N2CC(CI)(C(=O)OC(c3ccccc3)c3ccccc3)CS[C@H]12)c1csc(NC(c2ccccc2)(c2ccccc2)c2ccccc2)n1. The molecule has 59 heavy (non-hydrogen) atoms. The highest BCUT2D eigenvalue weighted by Gasteiger charge is 2.58. The number of rotatable bonds is 14. The smallest absolute Gasteiger partial charge is 0.316 e. The van der Waals surface area contributed by atoms with Crippen molar-refractivity contribution in [3.8, 4) is 0 Å². The van der Waals surface area contributed by atoms with Crippen LogP contribution in [0.15, 0.2) is 162 Å². The van der Waals surface area contributed by atoms with Gasteiger partial charge in [0.25, 0.3) is 5.91 Å². The van der Waals surface area contributed by atoms with Crippen LogP contribution in [0.4, 0.5) is 5.13 Å². The van der Waals surface area contributed by atoms with Gasteiger partial charge in [-0.25, -0.2) is 4.98 Å². The lowest BCUT2D eigenvalue weighted by Gasteiger charge is -2.53. The largest absolute Gasteiger partial charge is 0.452 e. The van der Waals surface area contributed by atoms with Crippen LogP contribution in [-0.4, -0.2) is 68.6 Å². The topological polar surface area (TPSA) is 122 Å². The van der Waals surface area contributed by atoms with Gasteiger partial charge in [-0.05, 0) is 27.8 Å². The summed E-state index contributed by atoms with van der Waals surface area (Å²) >= 11 is 5.00. The summed E-state index contributed by atoms with van der Waals surface area (Å²) in [6.45, 7) is 0.181. The van der Waals surface area contributed by atoms with Crippen LogP contribution in [0.5, 0.6) is 0 Å². The Kier molecular flexibility index (Phi) is 12.1. The zero-order valence-corrected chi connectivity index (χ0v) is 35.7. The van der Waals surface area contributed by atoms with E-state index in [9.17, 15) is 14.4 Å².